The predicted octanol–water partition coefficient (Wildman–Crippen LogP) is 4.72. The molecular formula is C18H19ClN2O2. The van der Waals surface area contributed by atoms with Gasteiger partial charge in [-0.3, -0.25) is 9.59 Å². The van der Waals surface area contributed by atoms with E-state index in [2.05, 4.69) is 10.6 Å². The van der Waals surface area contributed by atoms with E-state index in [9.17, 15) is 9.59 Å². The summed E-state index contributed by atoms with van der Waals surface area (Å²) in [4.78, 5) is 23.9. The molecule has 0 aliphatic heterocycles. The lowest BCUT2D eigenvalue weighted by Gasteiger charge is -2.09. The maximum absolute atomic E-state index is 12.2. The molecule has 4 nitrogen and oxygen atoms in total. The van der Waals surface area contributed by atoms with Crippen LogP contribution in [0.15, 0.2) is 48.5 Å². The molecule has 5 heteroatoms. The van der Waals surface area contributed by atoms with Gasteiger partial charge in [0, 0.05) is 28.4 Å². The van der Waals surface area contributed by atoms with Crippen LogP contribution in [0.5, 0.6) is 0 Å². The number of anilines is 2. The highest BCUT2D eigenvalue weighted by Gasteiger charge is 2.07. The zero-order chi connectivity index (χ0) is 16.7. The van der Waals surface area contributed by atoms with E-state index in [-0.39, 0.29) is 11.8 Å². The Morgan fingerprint density at radius 3 is 2.30 bits per heavy atom. The van der Waals surface area contributed by atoms with Crippen molar-refractivity contribution in [1.82, 2.24) is 0 Å². The minimum Gasteiger partial charge on any atom is -0.326 e. The first-order valence-electron chi connectivity index (χ1n) is 7.55. The zero-order valence-electron chi connectivity index (χ0n) is 12.9. The molecule has 0 aromatic heterocycles. The number of nitrogens with one attached hydrogen (secondary N) is 2. The van der Waals surface area contributed by atoms with Gasteiger partial charge in [-0.05, 0) is 48.9 Å². The minimum atomic E-state index is -0.226. The van der Waals surface area contributed by atoms with Crippen molar-refractivity contribution in [1.29, 1.82) is 0 Å². The van der Waals surface area contributed by atoms with E-state index in [1.165, 1.54) is 0 Å². The largest absolute Gasteiger partial charge is 0.326 e. The van der Waals surface area contributed by atoms with Gasteiger partial charge in [-0.15, -0.1) is 0 Å². The van der Waals surface area contributed by atoms with Gasteiger partial charge in [0.25, 0.3) is 5.91 Å². The quantitative estimate of drug-likeness (QED) is 0.805. The Kier molecular flexibility index (Phi) is 6.18. The predicted molar refractivity (Wildman–Crippen MR) is 94.0 cm³/mol. The molecule has 2 rings (SSSR count). The molecule has 0 aliphatic carbocycles. The van der Waals surface area contributed by atoms with Crippen LogP contribution < -0.4 is 10.6 Å². The van der Waals surface area contributed by atoms with Crippen LogP contribution in [-0.4, -0.2) is 11.8 Å². The molecule has 0 saturated heterocycles. The van der Waals surface area contributed by atoms with Crippen molar-refractivity contribution >= 4 is 34.8 Å². The monoisotopic (exact) mass is 330 g/mol. The van der Waals surface area contributed by atoms with Crippen LogP contribution in [0.3, 0.4) is 0 Å². The Balaban J connectivity index is 2.00. The number of amides is 2. The molecule has 0 aliphatic rings. The third kappa shape index (κ3) is 5.42. The van der Waals surface area contributed by atoms with E-state index in [1.807, 2.05) is 6.92 Å². The lowest BCUT2D eigenvalue weighted by atomic mass is 10.2. The van der Waals surface area contributed by atoms with Crippen molar-refractivity contribution in [3.8, 4) is 0 Å². The molecule has 0 fully saturated rings. The van der Waals surface area contributed by atoms with E-state index in [4.69, 9.17) is 11.6 Å². The Labute approximate surface area is 140 Å². The van der Waals surface area contributed by atoms with Crippen molar-refractivity contribution < 1.29 is 9.59 Å². The van der Waals surface area contributed by atoms with Crippen molar-refractivity contribution in [2.24, 2.45) is 0 Å². The Morgan fingerprint density at radius 1 is 1.00 bits per heavy atom. The van der Waals surface area contributed by atoms with Crippen molar-refractivity contribution in [3.05, 3.63) is 59.1 Å². The number of benzene rings is 2. The van der Waals surface area contributed by atoms with Gasteiger partial charge >= 0.3 is 0 Å². The van der Waals surface area contributed by atoms with Gasteiger partial charge < -0.3 is 10.6 Å². The lowest BCUT2D eigenvalue weighted by molar-refractivity contribution is -0.116. The molecule has 120 valence electrons. The second-order valence-corrected chi connectivity index (χ2v) is 5.63. The maximum atomic E-state index is 12.2. The Hall–Kier alpha value is -2.33. The second-order valence-electron chi connectivity index (χ2n) is 5.19. The highest BCUT2D eigenvalue weighted by atomic mass is 35.5. The number of hydrogen-bond donors (Lipinski definition) is 2. The SMILES string of the molecule is CCCCC(=O)Nc1cccc(NC(=O)c2ccc(Cl)cc2)c1. The first-order valence-corrected chi connectivity index (χ1v) is 7.93. The van der Waals surface area contributed by atoms with Crippen molar-refractivity contribution in [3.63, 3.8) is 0 Å². The average molecular weight is 331 g/mol. The van der Waals surface area contributed by atoms with Gasteiger partial charge in [-0.25, -0.2) is 0 Å². The van der Waals surface area contributed by atoms with Gasteiger partial charge in [0.05, 0.1) is 0 Å². The standard InChI is InChI=1S/C18H19ClN2O2/c1-2-3-7-17(22)20-15-5-4-6-16(12-15)21-18(23)13-8-10-14(19)11-9-13/h4-6,8-12H,2-3,7H2,1H3,(H,20,22)(H,21,23). The van der Waals surface area contributed by atoms with E-state index in [1.54, 1.807) is 48.5 Å². The third-order valence-electron chi connectivity index (χ3n) is 3.27. The fourth-order valence-corrected chi connectivity index (χ4v) is 2.17. The van der Waals surface area contributed by atoms with E-state index in [0.717, 1.165) is 12.8 Å². The minimum absolute atomic E-state index is 0.0203. The zero-order valence-corrected chi connectivity index (χ0v) is 13.7. The lowest BCUT2D eigenvalue weighted by Crippen LogP contribution is -2.13. The first-order chi connectivity index (χ1) is 11.1. The van der Waals surface area contributed by atoms with Gasteiger partial charge in [-0.1, -0.05) is 31.0 Å². The van der Waals surface area contributed by atoms with Crippen LogP contribution in [-0.2, 0) is 4.79 Å². The normalized spacial score (nSPS) is 10.2. The highest BCUT2D eigenvalue weighted by molar-refractivity contribution is 6.30. The summed E-state index contributed by atoms with van der Waals surface area (Å²) >= 11 is 5.81. The van der Waals surface area contributed by atoms with Crippen LogP contribution in [0.25, 0.3) is 0 Å². The van der Waals surface area contributed by atoms with Crippen molar-refractivity contribution in [2.75, 3.05) is 10.6 Å². The Morgan fingerprint density at radius 2 is 1.65 bits per heavy atom. The average Bonchev–Trinajstić information content (AvgIpc) is 2.54. The van der Waals surface area contributed by atoms with Crippen LogP contribution in [0.2, 0.25) is 5.02 Å². The number of unbranched alkanes of at least 4 members (excludes halogenated alkanes) is 1. The fraction of sp³-hybridized carbons (Fsp3) is 0.222. The summed E-state index contributed by atoms with van der Waals surface area (Å²) in [5, 5.41) is 6.21. The molecule has 23 heavy (non-hydrogen) atoms. The number of carbonyl (C=O) groups is 2. The summed E-state index contributed by atoms with van der Waals surface area (Å²) < 4.78 is 0. The second kappa shape index (κ2) is 8.34. The number of hydrogen-bond acceptors (Lipinski definition) is 2. The number of carbonyl (C=O) groups excluding carboxylic acids is 2. The molecule has 2 amide bonds. The molecule has 0 heterocycles. The molecule has 0 atom stereocenters. The summed E-state index contributed by atoms with van der Waals surface area (Å²) in [6.45, 7) is 2.04. The van der Waals surface area contributed by atoms with Gasteiger partial charge in [-0.2, -0.15) is 0 Å². The van der Waals surface area contributed by atoms with Crippen LogP contribution in [0, 0.1) is 0 Å². The van der Waals surface area contributed by atoms with E-state index in [0.29, 0.717) is 28.4 Å². The van der Waals surface area contributed by atoms with E-state index >= 15 is 0 Å². The molecule has 0 unspecified atom stereocenters. The summed E-state index contributed by atoms with van der Waals surface area (Å²) in [5.74, 6) is -0.246. The van der Waals surface area contributed by atoms with Crippen LogP contribution >= 0.6 is 11.6 Å². The number of halogens is 1. The van der Waals surface area contributed by atoms with Gasteiger partial charge in [0.2, 0.25) is 5.91 Å². The van der Waals surface area contributed by atoms with Crippen LogP contribution in [0.1, 0.15) is 36.5 Å². The molecule has 0 bridgehead atoms. The summed E-state index contributed by atoms with van der Waals surface area (Å²) in [7, 11) is 0. The molecule has 2 aromatic rings. The molecule has 0 radical (unpaired) electrons. The topological polar surface area (TPSA) is 58.2 Å². The summed E-state index contributed by atoms with van der Waals surface area (Å²) in [6, 6.07) is 13.7. The van der Waals surface area contributed by atoms with Crippen LogP contribution in [0.4, 0.5) is 11.4 Å². The summed E-state index contributed by atoms with van der Waals surface area (Å²) in [6.07, 6.45) is 2.33. The molecule has 0 spiro atoms. The maximum Gasteiger partial charge on any atom is 0.255 e. The molecular weight excluding hydrogens is 312 g/mol. The highest BCUT2D eigenvalue weighted by Crippen LogP contribution is 2.17. The Bertz CT molecular complexity index is 684. The van der Waals surface area contributed by atoms with Crippen molar-refractivity contribution in [2.45, 2.75) is 26.2 Å². The van der Waals surface area contributed by atoms with Gasteiger partial charge in [0.15, 0.2) is 0 Å². The molecule has 2 N–H and O–H groups in total. The molecule has 2 aromatic carbocycles. The fourth-order valence-electron chi connectivity index (χ4n) is 2.04. The third-order valence-corrected chi connectivity index (χ3v) is 3.52. The first kappa shape index (κ1) is 17.0. The number of rotatable bonds is 6. The van der Waals surface area contributed by atoms with E-state index < -0.39 is 0 Å². The van der Waals surface area contributed by atoms with Gasteiger partial charge in [0.1, 0.15) is 0 Å². The smallest absolute Gasteiger partial charge is 0.255 e. The summed E-state index contributed by atoms with van der Waals surface area (Å²) in [5.41, 5.74) is 1.81. The molecule has 0 saturated carbocycles.